The number of ether oxygens (including phenoxy) is 1. The number of rotatable bonds is 6. The molecule has 0 saturated carbocycles. The molecule has 0 bridgehead atoms. The topological polar surface area (TPSA) is 42.8 Å². The molecule has 1 unspecified atom stereocenters. The van der Waals surface area contributed by atoms with Gasteiger partial charge in [-0.2, -0.15) is 0 Å². The van der Waals surface area contributed by atoms with Gasteiger partial charge in [-0.15, -0.1) is 0 Å². The highest BCUT2D eigenvalue weighted by Crippen LogP contribution is 2.30. The van der Waals surface area contributed by atoms with Crippen molar-refractivity contribution in [2.45, 2.75) is 13.5 Å². The van der Waals surface area contributed by atoms with Crippen molar-refractivity contribution in [2.75, 3.05) is 26.0 Å². The Hall–Kier alpha value is -1.82. The predicted molar refractivity (Wildman–Crippen MR) is 98.2 cm³/mol. The third kappa shape index (κ3) is 5.08. The van der Waals surface area contributed by atoms with Gasteiger partial charge >= 0.3 is 0 Å². The Morgan fingerprint density at radius 2 is 2.00 bits per heavy atom. The number of methoxy groups -OCH3 is 1. The number of carbonyl (C=O) groups excluding carboxylic acids is 1. The van der Waals surface area contributed by atoms with Crippen molar-refractivity contribution in [3.63, 3.8) is 0 Å². The molecule has 7 heteroatoms. The zero-order valence-electron chi connectivity index (χ0n) is 14.3. The molecule has 2 N–H and O–H groups in total. The average molecular weight is 386 g/mol. The lowest BCUT2D eigenvalue weighted by Crippen LogP contribution is -3.08. The number of anilines is 1. The third-order valence-corrected chi connectivity index (χ3v) is 4.52. The van der Waals surface area contributed by atoms with E-state index < -0.39 is 0 Å². The SMILES string of the molecule is COc1cc(Cl)c(C)cc1NC(=O)C[NH+](C)Cc1c(F)cccc1Cl. The minimum absolute atomic E-state index is 0.148. The quantitative estimate of drug-likeness (QED) is 0.802. The van der Waals surface area contributed by atoms with Crippen LogP contribution in [0.1, 0.15) is 11.1 Å². The van der Waals surface area contributed by atoms with Gasteiger partial charge in [-0.3, -0.25) is 4.79 Å². The van der Waals surface area contributed by atoms with Crippen molar-refractivity contribution in [1.29, 1.82) is 0 Å². The van der Waals surface area contributed by atoms with Gasteiger partial charge in [0.25, 0.3) is 5.91 Å². The van der Waals surface area contributed by atoms with Crippen LogP contribution in [0.3, 0.4) is 0 Å². The molecule has 134 valence electrons. The Labute approximate surface area is 156 Å². The minimum Gasteiger partial charge on any atom is -0.495 e. The second-order valence-corrected chi connectivity index (χ2v) is 6.68. The van der Waals surface area contributed by atoms with E-state index in [1.165, 1.54) is 13.2 Å². The second-order valence-electron chi connectivity index (χ2n) is 5.86. The van der Waals surface area contributed by atoms with Crippen LogP contribution >= 0.6 is 23.2 Å². The summed E-state index contributed by atoms with van der Waals surface area (Å²) in [5, 5.41) is 3.72. The number of benzene rings is 2. The molecule has 0 spiro atoms. The number of likely N-dealkylation sites (N-methyl/N-ethyl adjacent to an activating group) is 1. The third-order valence-electron chi connectivity index (χ3n) is 3.76. The fourth-order valence-electron chi connectivity index (χ4n) is 2.46. The van der Waals surface area contributed by atoms with Crippen LogP contribution in [0.2, 0.25) is 10.0 Å². The smallest absolute Gasteiger partial charge is 0.279 e. The van der Waals surface area contributed by atoms with E-state index in [4.69, 9.17) is 27.9 Å². The Morgan fingerprint density at radius 1 is 1.28 bits per heavy atom. The normalized spacial score (nSPS) is 11.9. The molecular weight excluding hydrogens is 366 g/mol. The monoisotopic (exact) mass is 385 g/mol. The van der Waals surface area contributed by atoms with Gasteiger partial charge in [-0.1, -0.05) is 29.3 Å². The first-order valence-electron chi connectivity index (χ1n) is 7.70. The molecule has 0 aliphatic rings. The lowest BCUT2D eigenvalue weighted by Gasteiger charge is -2.16. The summed E-state index contributed by atoms with van der Waals surface area (Å²) in [4.78, 5) is 13.1. The summed E-state index contributed by atoms with van der Waals surface area (Å²) in [5.74, 6) is -0.106. The molecule has 25 heavy (non-hydrogen) atoms. The molecule has 4 nitrogen and oxygen atoms in total. The molecule has 0 saturated heterocycles. The fourth-order valence-corrected chi connectivity index (χ4v) is 2.85. The van der Waals surface area contributed by atoms with Crippen molar-refractivity contribution >= 4 is 34.8 Å². The zero-order chi connectivity index (χ0) is 18.6. The molecule has 1 amide bonds. The van der Waals surface area contributed by atoms with Crippen molar-refractivity contribution in [2.24, 2.45) is 0 Å². The fraction of sp³-hybridized carbons (Fsp3) is 0.278. The number of halogens is 3. The molecule has 0 aliphatic heterocycles. The Kier molecular flexibility index (Phi) is 6.64. The van der Waals surface area contributed by atoms with Crippen molar-refractivity contribution in [3.8, 4) is 5.75 Å². The van der Waals surface area contributed by atoms with Crippen molar-refractivity contribution < 1.29 is 18.8 Å². The first-order valence-corrected chi connectivity index (χ1v) is 8.45. The van der Waals surface area contributed by atoms with Crippen LogP contribution in [0, 0.1) is 12.7 Å². The molecule has 0 fully saturated rings. The first kappa shape index (κ1) is 19.5. The highest BCUT2D eigenvalue weighted by Gasteiger charge is 2.17. The summed E-state index contributed by atoms with van der Waals surface area (Å²) < 4.78 is 19.1. The molecule has 0 radical (unpaired) electrons. The number of carbonyl (C=O) groups is 1. The summed E-state index contributed by atoms with van der Waals surface area (Å²) >= 11 is 12.1. The number of aryl methyl sites for hydroxylation is 1. The van der Waals surface area contributed by atoms with Gasteiger partial charge in [-0.25, -0.2) is 4.39 Å². The van der Waals surface area contributed by atoms with Crippen LogP contribution in [0.25, 0.3) is 0 Å². The van der Waals surface area contributed by atoms with Crippen LogP contribution in [0.15, 0.2) is 30.3 Å². The maximum absolute atomic E-state index is 13.8. The van der Waals surface area contributed by atoms with Crippen LogP contribution in [-0.2, 0) is 11.3 Å². The lowest BCUT2D eigenvalue weighted by atomic mass is 10.2. The minimum atomic E-state index is -0.373. The molecule has 0 aliphatic carbocycles. The molecule has 2 aromatic rings. The van der Waals surface area contributed by atoms with Gasteiger partial charge in [-0.05, 0) is 30.7 Å². The number of hydrogen-bond donors (Lipinski definition) is 2. The van der Waals surface area contributed by atoms with E-state index in [1.54, 1.807) is 31.3 Å². The van der Waals surface area contributed by atoms with E-state index in [-0.39, 0.29) is 18.3 Å². The Bertz CT molecular complexity index is 764. The summed E-state index contributed by atoms with van der Waals surface area (Å²) in [6.07, 6.45) is 0. The zero-order valence-corrected chi connectivity index (χ0v) is 15.8. The van der Waals surface area contributed by atoms with Crippen LogP contribution in [0.4, 0.5) is 10.1 Å². The molecule has 0 heterocycles. The van der Waals surface area contributed by atoms with Crippen LogP contribution in [-0.4, -0.2) is 26.6 Å². The summed E-state index contributed by atoms with van der Waals surface area (Å²) in [6, 6.07) is 7.95. The first-order chi connectivity index (χ1) is 11.8. The van der Waals surface area contributed by atoms with E-state index in [0.717, 1.165) is 10.5 Å². The van der Waals surface area contributed by atoms with E-state index in [9.17, 15) is 9.18 Å². The Morgan fingerprint density at radius 3 is 2.64 bits per heavy atom. The standard InChI is InChI=1S/C18H19Cl2FN2O2/c1-11-7-16(17(25-3)8-14(11)20)22-18(24)10-23(2)9-12-13(19)5-4-6-15(12)21/h4-8H,9-10H2,1-3H3,(H,22,24)/p+1. The van der Waals surface area contributed by atoms with Gasteiger partial charge in [0.2, 0.25) is 0 Å². The number of amides is 1. The summed E-state index contributed by atoms with van der Waals surface area (Å²) in [6.45, 7) is 2.29. The molecule has 2 aromatic carbocycles. The molecule has 2 rings (SSSR count). The van der Waals surface area contributed by atoms with Gasteiger partial charge in [0.1, 0.15) is 18.1 Å². The number of nitrogens with one attached hydrogen (secondary N) is 2. The van der Waals surface area contributed by atoms with Crippen molar-refractivity contribution in [3.05, 3.63) is 57.3 Å². The maximum Gasteiger partial charge on any atom is 0.279 e. The largest absolute Gasteiger partial charge is 0.495 e. The van der Waals surface area contributed by atoms with Crippen molar-refractivity contribution in [1.82, 2.24) is 0 Å². The van der Waals surface area contributed by atoms with E-state index >= 15 is 0 Å². The van der Waals surface area contributed by atoms with Gasteiger partial charge in [0.15, 0.2) is 6.54 Å². The molecule has 0 aromatic heterocycles. The predicted octanol–water partition coefficient (Wildman–Crippen LogP) is 3.10. The van der Waals surface area contributed by atoms with E-state index in [2.05, 4.69) is 5.32 Å². The lowest BCUT2D eigenvalue weighted by molar-refractivity contribution is -0.885. The Balaban J connectivity index is 2.04. The number of hydrogen-bond acceptors (Lipinski definition) is 2. The molecule has 1 atom stereocenters. The van der Waals surface area contributed by atoms with Gasteiger partial charge in [0, 0.05) is 11.1 Å². The van der Waals surface area contributed by atoms with E-state index in [1.807, 2.05) is 6.92 Å². The van der Waals surface area contributed by atoms with E-state index in [0.29, 0.717) is 33.6 Å². The summed E-state index contributed by atoms with van der Waals surface area (Å²) in [5.41, 5.74) is 1.78. The van der Waals surface area contributed by atoms with Crippen LogP contribution < -0.4 is 15.0 Å². The highest BCUT2D eigenvalue weighted by molar-refractivity contribution is 6.31. The highest BCUT2D eigenvalue weighted by atomic mass is 35.5. The van der Waals surface area contributed by atoms with Gasteiger partial charge < -0.3 is 15.0 Å². The number of quaternary nitrogens is 1. The average Bonchev–Trinajstić information content (AvgIpc) is 2.54. The second kappa shape index (κ2) is 8.52. The van der Waals surface area contributed by atoms with Crippen LogP contribution in [0.5, 0.6) is 5.75 Å². The molecular formula is C18H20Cl2FN2O2+. The van der Waals surface area contributed by atoms with Gasteiger partial charge in [0.05, 0.1) is 30.4 Å². The summed E-state index contributed by atoms with van der Waals surface area (Å²) in [7, 11) is 3.31. The maximum atomic E-state index is 13.8.